The molecule has 0 radical (unpaired) electrons. The van der Waals surface area contributed by atoms with Crippen molar-refractivity contribution in [1.82, 2.24) is 15.0 Å². The summed E-state index contributed by atoms with van der Waals surface area (Å²) in [5.74, 6) is 2.06. The molecule has 0 bridgehead atoms. The van der Waals surface area contributed by atoms with E-state index in [0.29, 0.717) is 17.5 Å². The van der Waals surface area contributed by atoms with Crippen LogP contribution >= 0.6 is 0 Å². The first-order valence-corrected chi connectivity index (χ1v) is 9.65. The smallest absolute Gasteiger partial charge is 0.164 e. The van der Waals surface area contributed by atoms with Crippen LogP contribution in [0.5, 0.6) is 0 Å². The SMILES string of the molecule is Cc1c(-c2nc(-c3ccccc3)nc(-c3ccccc3)n2)ccc2ccccc12. The highest BCUT2D eigenvalue weighted by molar-refractivity contribution is 5.90. The van der Waals surface area contributed by atoms with Gasteiger partial charge in [0, 0.05) is 16.7 Å². The Balaban J connectivity index is 1.76. The molecular formula is C26H19N3. The molecule has 0 amide bonds. The highest BCUT2D eigenvalue weighted by Gasteiger charge is 2.14. The van der Waals surface area contributed by atoms with Gasteiger partial charge in [-0.25, -0.2) is 15.0 Å². The second-order valence-electron chi connectivity index (χ2n) is 7.00. The van der Waals surface area contributed by atoms with Crippen LogP contribution in [0.4, 0.5) is 0 Å². The van der Waals surface area contributed by atoms with Crippen molar-refractivity contribution in [3.05, 3.63) is 103 Å². The van der Waals surface area contributed by atoms with Crippen molar-refractivity contribution < 1.29 is 0 Å². The lowest BCUT2D eigenvalue weighted by Gasteiger charge is -2.11. The molecule has 0 aliphatic carbocycles. The van der Waals surface area contributed by atoms with Crippen molar-refractivity contribution >= 4 is 10.8 Å². The Kier molecular flexibility index (Phi) is 4.34. The fourth-order valence-electron chi connectivity index (χ4n) is 3.60. The number of benzene rings is 4. The van der Waals surface area contributed by atoms with Crippen LogP contribution < -0.4 is 0 Å². The van der Waals surface area contributed by atoms with Gasteiger partial charge in [-0.15, -0.1) is 0 Å². The van der Waals surface area contributed by atoms with Gasteiger partial charge in [-0.1, -0.05) is 97.1 Å². The van der Waals surface area contributed by atoms with Gasteiger partial charge in [-0.3, -0.25) is 0 Å². The maximum atomic E-state index is 4.84. The third-order valence-electron chi connectivity index (χ3n) is 5.14. The normalized spacial score (nSPS) is 10.9. The van der Waals surface area contributed by atoms with E-state index in [9.17, 15) is 0 Å². The van der Waals surface area contributed by atoms with Gasteiger partial charge >= 0.3 is 0 Å². The fourth-order valence-corrected chi connectivity index (χ4v) is 3.60. The van der Waals surface area contributed by atoms with Gasteiger partial charge in [0.1, 0.15) is 0 Å². The average molecular weight is 373 g/mol. The van der Waals surface area contributed by atoms with Crippen molar-refractivity contribution in [2.24, 2.45) is 0 Å². The number of rotatable bonds is 3. The van der Waals surface area contributed by atoms with Crippen LogP contribution in [0.3, 0.4) is 0 Å². The maximum absolute atomic E-state index is 4.84. The van der Waals surface area contributed by atoms with Crippen molar-refractivity contribution in [2.45, 2.75) is 6.92 Å². The van der Waals surface area contributed by atoms with Crippen LogP contribution in [-0.4, -0.2) is 15.0 Å². The summed E-state index contributed by atoms with van der Waals surface area (Å²) >= 11 is 0. The van der Waals surface area contributed by atoms with Crippen LogP contribution in [0.2, 0.25) is 0 Å². The van der Waals surface area contributed by atoms with Crippen molar-refractivity contribution in [3.8, 4) is 34.2 Å². The number of aryl methyl sites for hydroxylation is 1. The molecular weight excluding hydrogens is 354 g/mol. The van der Waals surface area contributed by atoms with Gasteiger partial charge in [0.25, 0.3) is 0 Å². The predicted molar refractivity (Wildman–Crippen MR) is 118 cm³/mol. The van der Waals surface area contributed by atoms with E-state index in [0.717, 1.165) is 16.7 Å². The molecule has 138 valence electrons. The summed E-state index contributed by atoms with van der Waals surface area (Å²) in [4.78, 5) is 14.5. The molecule has 5 aromatic rings. The third-order valence-corrected chi connectivity index (χ3v) is 5.14. The first-order chi connectivity index (χ1) is 14.3. The van der Waals surface area contributed by atoms with Gasteiger partial charge in [0.15, 0.2) is 17.5 Å². The van der Waals surface area contributed by atoms with Crippen molar-refractivity contribution in [1.29, 1.82) is 0 Å². The molecule has 29 heavy (non-hydrogen) atoms. The van der Waals surface area contributed by atoms with Crippen LogP contribution in [0.25, 0.3) is 44.9 Å². The Morgan fingerprint density at radius 2 is 1.00 bits per heavy atom. The minimum absolute atomic E-state index is 0.682. The quantitative estimate of drug-likeness (QED) is 0.371. The number of nitrogens with zero attached hydrogens (tertiary/aromatic N) is 3. The summed E-state index contributed by atoms with van der Waals surface area (Å²) in [5, 5.41) is 2.43. The summed E-state index contributed by atoms with van der Waals surface area (Å²) < 4.78 is 0. The molecule has 0 N–H and O–H groups in total. The van der Waals surface area contributed by atoms with Crippen LogP contribution in [0, 0.1) is 6.92 Å². The zero-order chi connectivity index (χ0) is 19.6. The lowest BCUT2D eigenvalue weighted by molar-refractivity contribution is 1.07. The fraction of sp³-hybridized carbons (Fsp3) is 0.0385. The largest absolute Gasteiger partial charge is 0.208 e. The molecule has 4 aromatic carbocycles. The summed E-state index contributed by atoms with van der Waals surface area (Å²) in [6, 6.07) is 32.8. The Morgan fingerprint density at radius 1 is 0.483 bits per heavy atom. The first-order valence-electron chi connectivity index (χ1n) is 9.65. The molecule has 0 fully saturated rings. The summed E-state index contributed by atoms with van der Waals surface area (Å²) in [6.07, 6.45) is 0. The van der Waals surface area contributed by atoms with Crippen LogP contribution in [0.1, 0.15) is 5.56 Å². The molecule has 0 saturated carbocycles. The Labute approximate surface area is 169 Å². The Bertz CT molecular complexity index is 1240. The Hall–Kier alpha value is -3.85. The molecule has 0 spiro atoms. The van der Waals surface area contributed by atoms with Gasteiger partial charge in [0.05, 0.1) is 0 Å². The maximum Gasteiger partial charge on any atom is 0.164 e. The zero-order valence-electron chi connectivity index (χ0n) is 16.1. The van der Waals surface area contributed by atoms with E-state index in [1.807, 2.05) is 60.7 Å². The zero-order valence-corrected chi connectivity index (χ0v) is 16.1. The number of aromatic nitrogens is 3. The van der Waals surface area contributed by atoms with E-state index >= 15 is 0 Å². The molecule has 0 aliphatic heterocycles. The summed E-state index contributed by atoms with van der Waals surface area (Å²) in [5.41, 5.74) is 4.16. The van der Waals surface area contributed by atoms with Gasteiger partial charge in [-0.05, 0) is 23.3 Å². The van der Waals surface area contributed by atoms with Crippen molar-refractivity contribution in [3.63, 3.8) is 0 Å². The summed E-state index contributed by atoms with van der Waals surface area (Å²) in [7, 11) is 0. The second-order valence-corrected chi connectivity index (χ2v) is 7.00. The second kappa shape index (κ2) is 7.28. The van der Waals surface area contributed by atoms with Crippen molar-refractivity contribution in [2.75, 3.05) is 0 Å². The molecule has 1 heterocycles. The number of fused-ring (bicyclic) bond motifs is 1. The Morgan fingerprint density at radius 3 is 1.62 bits per heavy atom. The molecule has 0 unspecified atom stereocenters. The van der Waals surface area contributed by atoms with E-state index < -0.39 is 0 Å². The molecule has 0 saturated heterocycles. The predicted octanol–water partition coefficient (Wildman–Crippen LogP) is 6.33. The molecule has 1 aromatic heterocycles. The number of hydrogen-bond donors (Lipinski definition) is 0. The van der Waals surface area contributed by atoms with E-state index in [1.165, 1.54) is 16.3 Å². The minimum Gasteiger partial charge on any atom is -0.208 e. The van der Waals surface area contributed by atoms with Crippen LogP contribution in [0.15, 0.2) is 97.1 Å². The van der Waals surface area contributed by atoms with Gasteiger partial charge in [0.2, 0.25) is 0 Å². The molecule has 5 rings (SSSR count). The van der Waals surface area contributed by atoms with E-state index in [1.54, 1.807) is 0 Å². The van der Waals surface area contributed by atoms with Gasteiger partial charge in [-0.2, -0.15) is 0 Å². The first kappa shape index (κ1) is 17.3. The molecule has 3 heteroatoms. The lowest BCUT2D eigenvalue weighted by atomic mass is 9.99. The lowest BCUT2D eigenvalue weighted by Crippen LogP contribution is -2.01. The highest BCUT2D eigenvalue weighted by atomic mass is 15.0. The topological polar surface area (TPSA) is 38.7 Å². The van der Waals surface area contributed by atoms with Gasteiger partial charge < -0.3 is 0 Å². The standard InChI is InChI=1S/C26H19N3/c1-18-22-15-9-8-10-19(22)16-17-23(18)26-28-24(20-11-4-2-5-12-20)27-25(29-26)21-13-6-3-7-14-21/h2-17H,1H3. The minimum atomic E-state index is 0.682. The van der Waals surface area contributed by atoms with E-state index in [2.05, 4.69) is 43.3 Å². The monoisotopic (exact) mass is 373 g/mol. The molecule has 0 aliphatic rings. The van der Waals surface area contributed by atoms with E-state index in [-0.39, 0.29) is 0 Å². The third kappa shape index (κ3) is 3.27. The average Bonchev–Trinajstić information content (AvgIpc) is 2.80. The van der Waals surface area contributed by atoms with E-state index in [4.69, 9.17) is 15.0 Å². The van der Waals surface area contributed by atoms with Crippen LogP contribution in [-0.2, 0) is 0 Å². The molecule has 0 atom stereocenters. The summed E-state index contributed by atoms with van der Waals surface area (Å²) in [6.45, 7) is 2.13. The highest BCUT2D eigenvalue weighted by Crippen LogP contribution is 2.30. The number of hydrogen-bond acceptors (Lipinski definition) is 3. The molecule has 3 nitrogen and oxygen atoms in total.